The molecule has 1 aromatic rings. The Balaban J connectivity index is 1.58. The van der Waals surface area contributed by atoms with E-state index < -0.39 is 0 Å². The summed E-state index contributed by atoms with van der Waals surface area (Å²) in [6, 6.07) is 0. The number of rotatable bonds is 5. The predicted molar refractivity (Wildman–Crippen MR) is 97.2 cm³/mol. The molecule has 134 valence electrons. The Morgan fingerprint density at radius 3 is 2.50 bits per heavy atom. The Morgan fingerprint density at radius 1 is 1.12 bits per heavy atom. The quantitative estimate of drug-likeness (QED) is 0.760. The first-order chi connectivity index (χ1) is 11.7. The average molecular weight is 351 g/mol. The summed E-state index contributed by atoms with van der Waals surface area (Å²) < 4.78 is 2.23. The predicted octanol–water partition coefficient (Wildman–Crippen LogP) is 3.70. The maximum absolute atomic E-state index is 12.4. The molecule has 1 aromatic heterocycles. The second kappa shape index (κ2) is 8.37. The number of carbonyl (C=O) groups is 1. The van der Waals surface area contributed by atoms with Crippen LogP contribution in [0.4, 0.5) is 0 Å². The van der Waals surface area contributed by atoms with Gasteiger partial charge in [0.25, 0.3) is 0 Å². The number of hydrogen-bond acceptors (Lipinski definition) is 4. The van der Waals surface area contributed by atoms with Crippen molar-refractivity contribution in [3.05, 3.63) is 5.82 Å². The highest BCUT2D eigenvalue weighted by Crippen LogP contribution is 2.33. The Bertz CT molecular complexity index is 545. The number of aromatic nitrogens is 3. The Kier molecular flexibility index (Phi) is 6.19. The zero-order chi connectivity index (χ0) is 16.9. The molecular formula is C18H30N4OS. The van der Waals surface area contributed by atoms with Gasteiger partial charge >= 0.3 is 0 Å². The summed E-state index contributed by atoms with van der Waals surface area (Å²) in [5.74, 6) is 3.18. The van der Waals surface area contributed by atoms with E-state index in [1.54, 1.807) is 11.8 Å². The molecule has 0 aromatic carbocycles. The molecule has 3 rings (SSSR count). The third-order valence-electron chi connectivity index (χ3n) is 5.49. The van der Waals surface area contributed by atoms with E-state index in [1.165, 1.54) is 32.1 Å². The number of amides is 1. The zero-order valence-electron chi connectivity index (χ0n) is 15.0. The minimum absolute atomic E-state index is 0.247. The van der Waals surface area contributed by atoms with Crippen LogP contribution in [-0.2, 0) is 11.3 Å². The van der Waals surface area contributed by atoms with Crippen molar-refractivity contribution in [1.82, 2.24) is 19.7 Å². The van der Waals surface area contributed by atoms with Gasteiger partial charge in [-0.15, -0.1) is 10.2 Å². The van der Waals surface area contributed by atoms with Crippen molar-refractivity contribution in [2.24, 2.45) is 5.92 Å². The van der Waals surface area contributed by atoms with Crippen molar-refractivity contribution in [3.63, 3.8) is 0 Å². The lowest BCUT2D eigenvalue weighted by molar-refractivity contribution is -0.129. The van der Waals surface area contributed by atoms with E-state index in [9.17, 15) is 4.79 Å². The van der Waals surface area contributed by atoms with E-state index in [1.807, 2.05) is 4.90 Å². The SMILES string of the molecule is CCn1c(SCC(=O)N2CCC(C)CC2)nnc1C1CCCCC1. The van der Waals surface area contributed by atoms with Crippen molar-refractivity contribution in [1.29, 1.82) is 0 Å². The van der Waals surface area contributed by atoms with Gasteiger partial charge in [0.2, 0.25) is 5.91 Å². The van der Waals surface area contributed by atoms with E-state index in [2.05, 4.69) is 28.6 Å². The van der Waals surface area contributed by atoms with Crippen LogP contribution in [0.2, 0.25) is 0 Å². The highest BCUT2D eigenvalue weighted by Gasteiger charge is 2.24. The van der Waals surface area contributed by atoms with Crippen LogP contribution in [0.1, 0.15) is 70.5 Å². The van der Waals surface area contributed by atoms with Gasteiger partial charge < -0.3 is 9.47 Å². The summed E-state index contributed by atoms with van der Waals surface area (Å²) in [5.41, 5.74) is 0. The van der Waals surface area contributed by atoms with E-state index in [0.717, 1.165) is 49.4 Å². The van der Waals surface area contributed by atoms with E-state index in [-0.39, 0.29) is 5.91 Å². The van der Waals surface area contributed by atoms with Gasteiger partial charge in [-0.3, -0.25) is 4.79 Å². The van der Waals surface area contributed by atoms with Crippen LogP contribution in [0.5, 0.6) is 0 Å². The molecule has 0 radical (unpaired) electrons. The highest BCUT2D eigenvalue weighted by atomic mass is 32.2. The van der Waals surface area contributed by atoms with Crippen LogP contribution >= 0.6 is 11.8 Å². The standard InChI is InChI=1S/C18H30N4OS/c1-3-22-17(15-7-5-4-6-8-15)19-20-18(22)24-13-16(23)21-11-9-14(2)10-12-21/h14-15H,3-13H2,1-2H3. The van der Waals surface area contributed by atoms with E-state index in [0.29, 0.717) is 11.7 Å². The molecule has 2 aliphatic rings. The molecule has 24 heavy (non-hydrogen) atoms. The van der Waals surface area contributed by atoms with E-state index >= 15 is 0 Å². The minimum atomic E-state index is 0.247. The van der Waals surface area contributed by atoms with Crippen molar-refractivity contribution < 1.29 is 4.79 Å². The monoisotopic (exact) mass is 350 g/mol. The molecule has 1 saturated carbocycles. The first-order valence-corrected chi connectivity index (χ1v) is 10.5. The summed E-state index contributed by atoms with van der Waals surface area (Å²) in [6.07, 6.45) is 8.68. The zero-order valence-corrected chi connectivity index (χ0v) is 15.9. The average Bonchev–Trinajstić information content (AvgIpc) is 3.04. The summed E-state index contributed by atoms with van der Waals surface area (Å²) in [5, 5.41) is 9.79. The largest absolute Gasteiger partial charge is 0.342 e. The second-order valence-corrected chi connectivity index (χ2v) is 8.21. The normalized spacial score (nSPS) is 20.5. The first kappa shape index (κ1) is 17.8. The second-order valence-electron chi connectivity index (χ2n) is 7.27. The van der Waals surface area contributed by atoms with Gasteiger partial charge in [-0.05, 0) is 38.5 Å². The molecule has 0 spiro atoms. The van der Waals surface area contributed by atoms with Crippen LogP contribution in [0.15, 0.2) is 5.16 Å². The summed E-state index contributed by atoms with van der Waals surface area (Å²) >= 11 is 1.56. The lowest BCUT2D eigenvalue weighted by Gasteiger charge is -2.30. The fourth-order valence-corrected chi connectivity index (χ4v) is 4.75. The fourth-order valence-electron chi connectivity index (χ4n) is 3.84. The third-order valence-corrected chi connectivity index (χ3v) is 6.44. The number of likely N-dealkylation sites (tertiary alicyclic amines) is 1. The Morgan fingerprint density at radius 2 is 1.83 bits per heavy atom. The maximum atomic E-state index is 12.4. The number of carbonyl (C=O) groups excluding carboxylic acids is 1. The molecule has 0 unspecified atom stereocenters. The number of piperidine rings is 1. The topological polar surface area (TPSA) is 51.0 Å². The number of thioether (sulfide) groups is 1. The third kappa shape index (κ3) is 4.13. The molecule has 1 aliphatic carbocycles. The fraction of sp³-hybridized carbons (Fsp3) is 0.833. The molecule has 2 heterocycles. The molecule has 6 heteroatoms. The Hall–Kier alpha value is -1.04. The van der Waals surface area contributed by atoms with Gasteiger partial charge in [0.15, 0.2) is 5.16 Å². The van der Waals surface area contributed by atoms with Crippen LogP contribution in [0.3, 0.4) is 0 Å². The van der Waals surface area contributed by atoms with Crippen molar-refractivity contribution in [2.45, 2.75) is 76.4 Å². The van der Waals surface area contributed by atoms with Gasteiger partial charge in [0.1, 0.15) is 5.82 Å². The number of hydrogen-bond donors (Lipinski definition) is 0. The van der Waals surface area contributed by atoms with Crippen LogP contribution < -0.4 is 0 Å². The summed E-state index contributed by atoms with van der Waals surface area (Å²) in [6.45, 7) is 7.12. The highest BCUT2D eigenvalue weighted by molar-refractivity contribution is 7.99. The lowest BCUT2D eigenvalue weighted by atomic mass is 9.89. The van der Waals surface area contributed by atoms with Crippen molar-refractivity contribution in [2.75, 3.05) is 18.8 Å². The van der Waals surface area contributed by atoms with Gasteiger partial charge in [0, 0.05) is 25.6 Å². The van der Waals surface area contributed by atoms with Crippen molar-refractivity contribution >= 4 is 17.7 Å². The summed E-state index contributed by atoms with van der Waals surface area (Å²) in [4.78, 5) is 14.4. The molecule has 5 nitrogen and oxygen atoms in total. The Labute approximate surface area is 149 Å². The van der Waals surface area contributed by atoms with Gasteiger partial charge in [-0.25, -0.2) is 0 Å². The molecular weight excluding hydrogens is 320 g/mol. The van der Waals surface area contributed by atoms with Gasteiger partial charge in [0.05, 0.1) is 5.75 Å². The van der Waals surface area contributed by atoms with Crippen LogP contribution in [0, 0.1) is 5.92 Å². The molecule has 1 amide bonds. The molecule has 0 atom stereocenters. The molecule has 2 fully saturated rings. The molecule has 0 bridgehead atoms. The molecule has 1 aliphatic heterocycles. The molecule has 0 N–H and O–H groups in total. The van der Waals surface area contributed by atoms with Crippen molar-refractivity contribution in [3.8, 4) is 0 Å². The van der Waals surface area contributed by atoms with Crippen LogP contribution in [0.25, 0.3) is 0 Å². The lowest BCUT2D eigenvalue weighted by Crippen LogP contribution is -2.38. The van der Waals surface area contributed by atoms with Gasteiger partial charge in [-0.2, -0.15) is 0 Å². The smallest absolute Gasteiger partial charge is 0.233 e. The van der Waals surface area contributed by atoms with Crippen LogP contribution in [-0.4, -0.2) is 44.4 Å². The molecule has 1 saturated heterocycles. The van der Waals surface area contributed by atoms with E-state index in [4.69, 9.17) is 0 Å². The first-order valence-electron chi connectivity index (χ1n) is 9.52. The minimum Gasteiger partial charge on any atom is -0.342 e. The summed E-state index contributed by atoms with van der Waals surface area (Å²) in [7, 11) is 0. The number of nitrogens with zero attached hydrogens (tertiary/aromatic N) is 4. The van der Waals surface area contributed by atoms with Gasteiger partial charge in [-0.1, -0.05) is 37.9 Å². The maximum Gasteiger partial charge on any atom is 0.233 e.